The van der Waals surface area contributed by atoms with Crippen LogP contribution in [-0.4, -0.2) is 60.7 Å². The number of carbonyl (C=O) groups is 2. The van der Waals surface area contributed by atoms with E-state index in [2.05, 4.69) is 5.32 Å². The van der Waals surface area contributed by atoms with Gasteiger partial charge in [0.25, 0.3) is 0 Å². The van der Waals surface area contributed by atoms with Gasteiger partial charge in [-0.15, -0.1) is 0 Å². The first-order chi connectivity index (χ1) is 18.5. The molecule has 3 aliphatic rings. The van der Waals surface area contributed by atoms with E-state index in [0.29, 0.717) is 51.3 Å². The fourth-order valence-corrected chi connectivity index (χ4v) is 7.20. The van der Waals surface area contributed by atoms with E-state index in [1.165, 1.54) is 10.4 Å². The molecule has 0 radical (unpaired) electrons. The van der Waals surface area contributed by atoms with E-state index < -0.39 is 33.8 Å². The lowest BCUT2D eigenvalue weighted by Crippen LogP contribution is -2.54. The highest BCUT2D eigenvalue weighted by Crippen LogP contribution is 2.38. The molecule has 1 saturated heterocycles. The summed E-state index contributed by atoms with van der Waals surface area (Å²) < 4.78 is 68.2. The molecular weight excluding hydrogens is 531 g/mol. The number of carbonyl (C=O) groups excluding carboxylic acids is 2. The van der Waals surface area contributed by atoms with Gasteiger partial charge in [-0.2, -0.15) is 17.5 Å². The molecule has 3 fully saturated rings. The van der Waals surface area contributed by atoms with E-state index in [0.717, 1.165) is 30.5 Å². The van der Waals surface area contributed by atoms with E-state index in [1.807, 2.05) is 30.3 Å². The molecule has 210 valence electrons. The molecule has 5 rings (SSSR count). The molecule has 1 N–H and O–H groups in total. The molecule has 0 unspecified atom stereocenters. The summed E-state index contributed by atoms with van der Waals surface area (Å²) in [6, 6.07) is 11.9. The summed E-state index contributed by atoms with van der Waals surface area (Å²) in [5.41, 5.74) is -0.0774. The molecule has 0 spiro atoms. The number of likely N-dealkylation sites (tertiary alicyclic amines) is 1. The Labute approximate surface area is 226 Å². The summed E-state index contributed by atoms with van der Waals surface area (Å²) >= 11 is 0. The Balaban J connectivity index is 1.29. The number of piperidine rings is 1. The Morgan fingerprint density at radius 3 is 2.15 bits per heavy atom. The van der Waals surface area contributed by atoms with Crippen molar-refractivity contribution >= 4 is 21.8 Å². The maximum atomic E-state index is 13.5. The van der Waals surface area contributed by atoms with Gasteiger partial charge in [0.15, 0.2) is 0 Å². The molecule has 0 aromatic heterocycles. The van der Waals surface area contributed by atoms with Crippen LogP contribution in [0.25, 0.3) is 0 Å². The smallest absolute Gasteiger partial charge is 0.344 e. The number of hydrogen-bond acceptors (Lipinski definition) is 4. The molecule has 2 saturated carbocycles. The van der Waals surface area contributed by atoms with E-state index >= 15 is 0 Å². The topological polar surface area (TPSA) is 86.8 Å². The predicted octanol–water partition coefficient (Wildman–Crippen LogP) is 3.99. The molecule has 1 aliphatic heterocycles. The van der Waals surface area contributed by atoms with Crippen molar-refractivity contribution in [1.82, 2.24) is 14.5 Å². The molecule has 2 aliphatic carbocycles. The molecule has 1 atom stereocenters. The second-order valence-corrected chi connectivity index (χ2v) is 12.5. The normalized spacial score (nSPS) is 19.6. The molecule has 2 amide bonds. The van der Waals surface area contributed by atoms with Gasteiger partial charge >= 0.3 is 6.18 Å². The monoisotopic (exact) mass is 563 g/mol. The number of sulfonamides is 1. The van der Waals surface area contributed by atoms with Gasteiger partial charge in [-0.1, -0.05) is 36.4 Å². The standard InChI is InChI=1S/C28H32F3N3O4S/c29-28(30,31)21-7-4-8-24(18-21)39(37,38)34(22-11-12-22)23-13-15-33(16-14-23)27(36)25(32-26(35)20-9-10-20)17-19-5-2-1-3-6-19/h1-8,18,20,22-23,25H,9-17H2,(H,32,35)/t25-/m0/s1. The van der Waals surface area contributed by atoms with Gasteiger partial charge in [-0.25, -0.2) is 8.42 Å². The molecule has 39 heavy (non-hydrogen) atoms. The van der Waals surface area contributed by atoms with Crippen molar-refractivity contribution in [3.63, 3.8) is 0 Å². The second kappa shape index (κ2) is 10.9. The lowest BCUT2D eigenvalue weighted by Gasteiger charge is -2.39. The number of nitrogens with one attached hydrogen (secondary N) is 1. The molecule has 2 aromatic carbocycles. The zero-order valence-corrected chi connectivity index (χ0v) is 22.3. The number of rotatable bonds is 9. The van der Waals surface area contributed by atoms with Crippen LogP contribution in [0.2, 0.25) is 0 Å². The number of amides is 2. The zero-order valence-electron chi connectivity index (χ0n) is 21.4. The van der Waals surface area contributed by atoms with E-state index in [9.17, 15) is 31.2 Å². The number of nitrogens with zero attached hydrogens (tertiary/aromatic N) is 2. The molecular formula is C28H32F3N3O4S. The maximum Gasteiger partial charge on any atom is 0.416 e. The van der Waals surface area contributed by atoms with Crippen LogP contribution in [0.3, 0.4) is 0 Å². The van der Waals surface area contributed by atoms with Gasteiger partial charge in [0.2, 0.25) is 21.8 Å². The first-order valence-corrected chi connectivity index (χ1v) is 14.8. The first-order valence-electron chi connectivity index (χ1n) is 13.4. The van der Waals surface area contributed by atoms with Gasteiger partial charge in [0.1, 0.15) is 6.04 Å². The number of alkyl halides is 3. The highest BCUT2D eigenvalue weighted by atomic mass is 32.2. The van der Waals surface area contributed by atoms with Crippen LogP contribution in [0.15, 0.2) is 59.5 Å². The molecule has 11 heteroatoms. The lowest BCUT2D eigenvalue weighted by atomic mass is 10.0. The Morgan fingerprint density at radius 1 is 0.923 bits per heavy atom. The fraction of sp³-hybridized carbons (Fsp3) is 0.500. The van der Waals surface area contributed by atoms with Crippen LogP contribution < -0.4 is 5.32 Å². The van der Waals surface area contributed by atoms with E-state index in [-0.39, 0.29) is 28.7 Å². The van der Waals surface area contributed by atoms with Crippen molar-refractivity contribution < 1.29 is 31.2 Å². The van der Waals surface area contributed by atoms with Crippen LogP contribution in [0.4, 0.5) is 13.2 Å². The highest BCUT2D eigenvalue weighted by molar-refractivity contribution is 7.89. The van der Waals surface area contributed by atoms with E-state index in [4.69, 9.17) is 0 Å². The summed E-state index contributed by atoms with van der Waals surface area (Å²) in [5.74, 6) is -0.369. The van der Waals surface area contributed by atoms with Crippen molar-refractivity contribution in [3.8, 4) is 0 Å². The number of halogens is 3. The molecule has 7 nitrogen and oxygen atoms in total. The van der Waals surface area contributed by atoms with Crippen molar-refractivity contribution in [2.45, 2.75) is 74.1 Å². The molecule has 1 heterocycles. The second-order valence-electron chi connectivity index (χ2n) is 10.7. The quantitative estimate of drug-likeness (QED) is 0.500. The Morgan fingerprint density at radius 2 is 1.56 bits per heavy atom. The summed E-state index contributed by atoms with van der Waals surface area (Å²) in [6.07, 6.45) is -0.595. The van der Waals surface area contributed by atoms with Gasteiger partial charge in [0, 0.05) is 37.5 Å². The van der Waals surface area contributed by atoms with Crippen LogP contribution >= 0.6 is 0 Å². The first kappa shape index (κ1) is 27.6. The van der Waals surface area contributed by atoms with Crippen molar-refractivity contribution in [3.05, 3.63) is 65.7 Å². The Kier molecular flexibility index (Phi) is 7.74. The maximum absolute atomic E-state index is 13.5. The summed E-state index contributed by atoms with van der Waals surface area (Å²) in [5, 5.41) is 2.92. The van der Waals surface area contributed by atoms with Crippen molar-refractivity contribution in [2.24, 2.45) is 5.92 Å². The average Bonchev–Trinajstić information content (AvgIpc) is 3.83. The average molecular weight is 564 g/mol. The minimum atomic E-state index is -4.65. The lowest BCUT2D eigenvalue weighted by molar-refractivity contribution is -0.138. The fourth-order valence-electron chi connectivity index (χ4n) is 5.22. The summed E-state index contributed by atoms with van der Waals surface area (Å²) in [4.78, 5) is 27.3. The summed E-state index contributed by atoms with van der Waals surface area (Å²) in [6.45, 7) is 0.602. The largest absolute Gasteiger partial charge is 0.416 e. The minimum absolute atomic E-state index is 0.0463. The van der Waals surface area contributed by atoms with E-state index in [1.54, 1.807) is 4.90 Å². The molecule has 0 bridgehead atoms. The minimum Gasteiger partial charge on any atom is -0.344 e. The zero-order chi connectivity index (χ0) is 27.8. The van der Waals surface area contributed by atoms with Crippen LogP contribution in [0.5, 0.6) is 0 Å². The van der Waals surface area contributed by atoms with Gasteiger partial charge in [0.05, 0.1) is 10.5 Å². The van der Waals surface area contributed by atoms with Crippen LogP contribution in [0.1, 0.15) is 49.7 Å². The van der Waals surface area contributed by atoms with Crippen molar-refractivity contribution in [2.75, 3.05) is 13.1 Å². The highest BCUT2D eigenvalue weighted by Gasteiger charge is 2.45. The third-order valence-corrected chi connectivity index (χ3v) is 9.63. The van der Waals surface area contributed by atoms with Gasteiger partial charge < -0.3 is 10.2 Å². The number of hydrogen-bond donors (Lipinski definition) is 1. The van der Waals surface area contributed by atoms with Crippen LogP contribution in [0, 0.1) is 5.92 Å². The van der Waals surface area contributed by atoms with Gasteiger partial charge in [-0.05, 0) is 62.3 Å². The summed E-state index contributed by atoms with van der Waals surface area (Å²) in [7, 11) is -4.16. The number of benzene rings is 2. The van der Waals surface area contributed by atoms with Crippen molar-refractivity contribution in [1.29, 1.82) is 0 Å². The Bertz CT molecular complexity index is 1300. The van der Waals surface area contributed by atoms with Crippen LogP contribution in [-0.2, 0) is 32.2 Å². The Hall–Kier alpha value is -2.92. The third kappa shape index (κ3) is 6.46. The SMILES string of the molecule is O=C(N[C@@H](Cc1ccccc1)C(=O)N1CCC(N(C2CC2)S(=O)(=O)c2cccc(C(F)(F)F)c2)CC1)C1CC1. The predicted molar refractivity (Wildman–Crippen MR) is 138 cm³/mol. The molecule has 2 aromatic rings. The van der Waals surface area contributed by atoms with Gasteiger partial charge in [-0.3, -0.25) is 9.59 Å². The third-order valence-electron chi connectivity index (χ3n) is 7.62.